The lowest BCUT2D eigenvalue weighted by Crippen LogP contribution is -2.50. The maximum Gasteiger partial charge on any atom is 0.241 e. The molecular weight excluding hydrogens is 372 g/mol. The normalized spacial score (nSPS) is 20.5. The first-order valence-corrected chi connectivity index (χ1v) is 10.7. The second-order valence-corrected chi connectivity index (χ2v) is 8.74. The van der Waals surface area contributed by atoms with E-state index in [1.54, 1.807) is 19.9 Å². The summed E-state index contributed by atoms with van der Waals surface area (Å²) in [6, 6.07) is 3.53. The number of carbonyl (C=O) groups is 1. The van der Waals surface area contributed by atoms with Crippen molar-refractivity contribution in [1.82, 2.24) is 10.0 Å². The highest BCUT2D eigenvalue weighted by atomic mass is 32.2. The molecule has 0 unspecified atom stereocenters. The van der Waals surface area contributed by atoms with E-state index in [2.05, 4.69) is 10.0 Å². The number of fused-ring (bicyclic) bond motifs is 1. The molecule has 1 fully saturated rings. The van der Waals surface area contributed by atoms with Gasteiger partial charge in [0.15, 0.2) is 11.5 Å². The number of benzene rings is 1. The van der Waals surface area contributed by atoms with Crippen molar-refractivity contribution in [2.24, 2.45) is 5.92 Å². The molecule has 0 radical (unpaired) electrons. The first-order valence-electron chi connectivity index (χ1n) is 9.18. The maximum atomic E-state index is 12.8. The third-order valence-corrected chi connectivity index (χ3v) is 6.02. The van der Waals surface area contributed by atoms with E-state index in [4.69, 9.17) is 14.2 Å². The van der Waals surface area contributed by atoms with Crippen molar-refractivity contribution < 1.29 is 27.4 Å². The number of nitrogens with one attached hydrogen (secondary N) is 2. The Balaban J connectivity index is 1.69. The van der Waals surface area contributed by atoms with Crippen LogP contribution in [0.15, 0.2) is 23.1 Å². The summed E-state index contributed by atoms with van der Waals surface area (Å²) in [4.78, 5) is 12.6. The Labute approximate surface area is 159 Å². The highest BCUT2D eigenvalue weighted by molar-refractivity contribution is 7.89. The third-order valence-electron chi connectivity index (χ3n) is 4.58. The van der Waals surface area contributed by atoms with E-state index in [0.29, 0.717) is 37.9 Å². The fourth-order valence-electron chi connectivity index (χ4n) is 3.05. The molecule has 150 valence electrons. The Bertz CT molecular complexity index is 774. The molecule has 0 spiro atoms. The first kappa shape index (κ1) is 19.9. The monoisotopic (exact) mass is 398 g/mol. The van der Waals surface area contributed by atoms with Gasteiger partial charge in [0.05, 0.1) is 11.0 Å². The van der Waals surface area contributed by atoms with Crippen LogP contribution in [0.3, 0.4) is 0 Å². The standard InChI is InChI=1S/C18H26N2O6S/c1-12(2)17(18(21)19-11-13-4-3-7-24-13)20-27(22,23)14-5-6-15-16(10-14)26-9-8-25-15/h5-6,10,12-13,17,20H,3-4,7-9,11H2,1-2H3,(H,19,21)/t13-,17-/m1/s1. The summed E-state index contributed by atoms with van der Waals surface area (Å²) in [6.07, 6.45) is 1.87. The quantitative estimate of drug-likeness (QED) is 0.712. The van der Waals surface area contributed by atoms with Gasteiger partial charge in [0, 0.05) is 19.2 Å². The highest BCUT2D eigenvalue weighted by Crippen LogP contribution is 2.32. The minimum atomic E-state index is -3.90. The van der Waals surface area contributed by atoms with E-state index in [0.717, 1.165) is 12.8 Å². The second-order valence-electron chi connectivity index (χ2n) is 7.03. The molecule has 2 N–H and O–H groups in total. The van der Waals surface area contributed by atoms with E-state index in [1.165, 1.54) is 12.1 Å². The van der Waals surface area contributed by atoms with Crippen LogP contribution in [0, 0.1) is 5.92 Å². The Morgan fingerprint density at radius 1 is 1.19 bits per heavy atom. The summed E-state index contributed by atoms with van der Waals surface area (Å²) in [6.45, 7) is 5.46. The molecule has 0 aromatic heterocycles. The van der Waals surface area contributed by atoms with Crippen molar-refractivity contribution in [3.8, 4) is 11.5 Å². The molecular formula is C18H26N2O6S. The average molecular weight is 398 g/mol. The molecule has 9 heteroatoms. The van der Waals surface area contributed by atoms with Crippen molar-refractivity contribution >= 4 is 15.9 Å². The molecule has 0 aliphatic carbocycles. The molecule has 1 amide bonds. The van der Waals surface area contributed by atoms with Gasteiger partial charge in [0.2, 0.25) is 15.9 Å². The van der Waals surface area contributed by atoms with Crippen LogP contribution in [-0.2, 0) is 19.6 Å². The zero-order valence-electron chi connectivity index (χ0n) is 15.6. The van der Waals surface area contributed by atoms with Gasteiger partial charge < -0.3 is 19.5 Å². The molecule has 8 nitrogen and oxygen atoms in total. The topological polar surface area (TPSA) is 103 Å². The molecule has 2 atom stereocenters. The van der Waals surface area contributed by atoms with E-state index in [-0.39, 0.29) is 22.8 Å². The highest BCUT2D eigenvalue weighted by Gasteiger charge is 2.30. The van der Waals surface area contributed by atoms with E-state index in [9.17, 15) is 13.2 Å². The SMILES string of the molecule is CC(C)[C@@H](NS(=O)(=O)c1ccc2c(c1)OCCO2)C(=O)NC[C@H]1CCCO1. The third kappa shape index (κ3) is 4.91. The van der Waals surface area contributed by atoms with Crippen molar-refractivity contribution in [2.45, 2.75) is 43.7 Å². The van der Waals surface area contributed by atoms with Gasteiger partial charge >= 0.3 is 0 Å². The maximum absolute atomic E-state index is 12.8. The minimum absolute atomic E-state index is 0.00355. The molecule has 27 heavy (non-hydrogen) atoms. The molecule has 0 bridgehead atoms. The van der Waals surface area contributed by atoms with Crippen LogP contribution < -0.4 is 19.5 Å². The largest absolute Gasteiger partial charge is 0.486 e. The van der Waals surface area contributed by atoms with Crippen molar-refractivity contribution in [1.29, 1.82) is 0 Å². The lowest BCUT2D eigenvalue weighted by atomic mass is 10.0. The summed E-state index contributed by atoms with van der Waals surface area (Å²) in [5, 5.41) is 2.79. The summed E-state index contributed by atoms with van der Waals surface area (Å²) < 4.78 is 44.4. The van der Waals surface area contributed by atoms with Gasteiger partial charge in [-0.25, -0.2) is 8.42 Å². The fraction of sp³-hybridized carbons (Fsp3) is 0.611. The van der Waals surface area contributed by atoms with E-state index < -0.39 is 16.1 Å². The summed E-state index contributed by atoms with van der Waals surface area (Å²) >= 11 is 0. The van der Waals surface area contributed by atoms with Crippen molar-refractivity contribution in [2.75, 3.05) is 26.4 Å². The molecule has 1 aromatic carbocycles. The van der Waals surface area contributed by atoms with Gasteiger partial charge in [0.1, 0.15) is 19.3 Å². The number of sulfonamides is 1. The molecule has 1 saturated heterocycles. The van der Waals surface area contributed by atoms with E-state index in [1.807, 2.05) is 0 Å². The van der Waals surface area contributed by atoms with E-state index >= 15 is 0 Å². The molecule has 2 heterocycles. The Kier molecular flexibility index (Phi) is 6.23. The van der Waals surface area contributed by atoms with Crippen molar-refractivity contribution in [3.63, 3.8) is 0 Å². The predicted molar refractivity (Wildman–Crippen MR) is 98.4 cm³/mol. The van der Waals surface area contributed by atoms with Crippen LogP contribution >= 0.6 is 0 Å². The molecule has 0 saturated carbocycles. The lowest BCUT2D eigenvalue weighted by Gasteiger charge is -2.23. The van der Waals surface area contributed by atoms with Gasteiger partial charge in [-0.2, -0.15) is 4.72 Å². The molecule has 2 aliphatic heterocycles. The lowest BCUT2D eigenvalue weighted by molar-refractivity contribution is -0.124. The Hall–Kier alpha value is -1.84. The second kappa shape index (κ2) is 8.45. The smallest absolute Gasteiger partial charge is 0.241 e. The average Bonchev–Trinajstić information content (AvgIpc) is 3.17. The summed E-state index contributed by atoms with van der Waals surface area (Å²) in [7, 11) is -3.90. The van der Waals surface area contributed by atoms with Crippen LogP contribution in [0.5, 0.6) is 11.5 Å². The molecule has 2 aliphatic rings. The van der Waals surface area contributed by atoms with Crippen LogP contribution in [0.2, 0.25) is 0 Å². The minimum Gasteiger partial charge on any atom is -0.486 e. The van der Waals surface area contributed by atoms with Gasteiger partial charge in [-0.1, -0.05) is 13.8 Å². The fourth-order valence-corrected chi connectivity index (χ4v) is 4.41. The Morgan fingerprint density at radius 3 is 2.59 bits per heavy atom. The number of rotatable bonds is 7. The Morgan fingerprint density at radius 2 is 1.93 bits per heavy atom. The summed E-state index contributed by atoms with van der Waals surface area (Å²) in [5.41, 5.74) is 0. The number of ether oxygens (including phenoxy) is 3. The van der Waals surface area contributed by atoms with Gasteiger partial charge in [0.25, 0.3) is 0 Å². The van der Waals surface area contributed by atoms with Crippen molar-refractivity contribution in [3.05, 3.63) is 18.2 Å². The number of carbonyl (C=O) groups excluding carboxylic acids is 1. The van der Waals surface area contributed by atoms with Gasteiger partial charge in [-0.3, -0.25) is 4.79 Å². The van der Waals surface area contributed by atoms with Crippen LogP contribution in [-0.4, -0.2) is 52.8 Å². The first-order chi connectivity index (χ1) is 12.9. The predicted octanol–water partition coefficient (Wildman–Crippen LogP) is 1.06. The molecule has 1 aromatic rings. The zero-order valence-corrected chi connectivity index (χ0v) is 16.4. The number of hydrogen-bond donors (Lipinski definition) is 2. The van der Waals surface area contributed by atoms with Crippen LogP contribution in [0.4, 0.5) is 0 Å². The number of amides is 1. The van der Waals surface area contributed by atoms with Crippen LogP contribution in [0.1, 0.15) is 26.7 Å². The van der Waals surface area contributed by atoms with Crippen LogP contribution in [0.25, 0.3) is 0 Å². The number of hydrogen-bond acceptors (Lipinski definition) is 6. The zero-order chi connectivity index (χ0) is 19.4. The summed E-state index contributed by atoms with van der Waals surface area (Å²) in [5.74, 6) is 0.311. The van der Waals surface area contributed by atoms with Gasteiger partial charge in [-0.15, -0.1) is 0 Å². The molecule has 3 rings (SSSR count). The van der Waals surface area contributed by atoms with Gasteiger partial charge in [-0.05, 0) is 30.9 Å².